The summed E-state index contributed by atoms with van der Waals surface area (Å²) in [7, 11) is 0. The van der Waals surface area contributed by atoms with Crippen molar-refractivity contribution >= 4 is 11.6 Å². The first-order valence-electron chi connectivity index (χ1n) is 4.56. The fourth-order valence-electron chi connectivity index (χ4n) is 1.01. The highest BCUT2D eigenvalue weighted by Gasteiger charge is 2.11. The van der Waals surface area contributed by atoms with Gasteiger partial charge in [-0.25, -0.2) is 0 Å². The lowest BCUT2D eigenvalue weighted by Gasteiger charge is -2.11. The van der Waals surface area contributed by atoms with Gasteiger partial charge in [0, 0.05) is 12.8 Å². The summed E-state index contributed by atoms with van der Waals surface area (Å²) in [4.78, 5) is 15.3. The SMILES string of the molecule is CCOC(C)C(=O)Nc1cccnc1. The monoisotopic (exact) mass is 194 g/mol. The van der Waals surface area contributed by atoms with Gasteiger partial charge in [0.25, 0.3) is 5.91 Å². The number of carbonyl (C=O) groups is 1. The van der Waals surface area contributed by atoms with Gasteiger partial charge in [0.05, 0.1) is 11.9 Å². The molecule has 76 valence electrons. The van der Waals surface area contributed by atoms with Crippen LogP contribution in [-0.4, -0.2) is 23.6 Å². The van der Waals surface area contributed by atoms with Crippen LogP contribution in [0.4, 0.5) is 5.69 Å². The van der Waals surface area contributed by atoms with Crippen molar-refractivity contribution in [2.24, 2.45) is 0 Å². The molecule has 0 aliphatic rings. The first-order chi connectivity index (χ1) is 6.74. The summed E-state index contributed by atoms with van der Waals surface area (Å²) in [5.74, 6) is -0.153. The Bertz CT molecular complexity index is 287. The van der Waals surface area contributed by atoms with Crippen molar-refractivity contribution in [3.8, 4) is 0 Å². The van der Waals surface area contributed by atoms with Crippen LogP contribution in [0.3, 0.4) is 0 Å². The molecular formula is C10H14N2O2. The van der Waals surface area contributed by atoms with E-state index in [1.165, 1.54) is 0 Å². The molecule has 0 spiro atoms. The van der Waals surface area contributed by atoms with Gasteiger partial charge in [0.2, 0.25) is 0 Å². The summed E-state index contributed by atoms with van der Waals surface area (Å²) in [5.41, 5.74) is 0.684. The molecule has 1 amide bonds. The Balaban J connectivity index is 2.49. The van der Waals surface area contributed by atoms with Gasteiger partial charge in [-0.05, 0) is 26.0 Å². The van der Waals surface area contributed by atoms with Gasteiger partial charge in [0.1, 0.15) is 6.10 Å². The molecule has 1 N–H and O–H groups in total. The lowest BCUT2D eigenvalue weighted by atomic mass is 10.3. The summed E-state index contributed by atoms with van der Waals surface area (Å²) >= 11 is 0. The van der Waals surface area contributed by atoms with Gasteiger partial charge in [-0.1, -0.05) is 0 Å². The summed E-state index contributed by atoms with van der Waals surface area (Å²) in [6.07, 6.45) is 2.82. The van der Waals surface area contributed by atoms with Crippen molar-refractivity contribution in [1.29, 1.82) is 0 Å². The molecule has 1 unspecified atom stereocenters. The smallest absolute Gasteiger partial charge is 0.253 e. The van der Waals surface area contributed by atoms with Gasteiger partial charge < -0.3 is 10.1 Å². The number of hydrogen-bond acceptors (Lipinski definition) is 3. The third kappa shape index (κ3) is 3.14. The average molecular weight is 194 g/mol. The molecule has 4 nitrogen and oxygen atoms in total. The van der Waals surface area contributed by atoms with Gasteiger partial charge in [-0.15, -0.1) is 0 Å². The van der Waals surface area contributed by atoms with Crippen LogP contribution < -0.4 is 5.32 Å². The van der Waals surface area contributed by atoms with E-state index in [0.717, 1.165) is 0 Å². The van der Waals surface area contributed by atoms with Crippen molar-refractivity contribution in [1.82, 2.24) is 4.98 Å². The largest absolute Gasteiger partial charge is 0.369 e. The zero-order valence-corrected chi connectivity index (χ0v) is 8.36. The molecule has 0 bridgehead atoms. The maximum atomic E-state index is 11.4. The Morgan fingerprint density at radius 1 is 1.71 bits per heavy atom. The number of rotatable bonds is 4. The molecule has 1 heterocycles. The van der Waals surface area contributed by atoms with Crippen LogP contribution in [0.25, 0.3) is 0 Å². The molecule has 1 atom stereocenters. The molecule has 0 saturated carbocycles. The van der Waals surface area contributed by atoms with Crippen molar-refractivity contribution in [2.75, 3.05) is 11.9 Å². The number of carbonyl (C=O) groups excluding carboxylic acids is 1. The van der Waals surface area contributed by atoms with E-state index in [1.54, 1.807) is 31.5 Å². The number of amides is 1. The number of anilines is 1. The highest BCUT2D eigenvalue weighted by Crippen LogP contribution is 2.04. The van der Waals surface area contributed by atoms with E-state index in [2.05, 4.69) is 10.3 Å². The Morgan fingerprint density at radius 2 is 2.50 bits per heavy atom. The number of hydrogen-bond donors (Lipinski definition) is 1. The maximum Gasteiger partial charge on any atom is 0.253 e. The molecule has 1 rings (SSSR count). The van der Waals surface area contributed by atoms with E-state index in [0.29, 0.717) is 12.3 Å². The van der Waals surface area contributed by atoms with E-state index in [-0.39, 0.29) is 5.91 Å². The quantitative estimate of drug-likeness (QED) is 0.789. The molecule has 1 aromatic rings. The van der Waals surface area contributed by atoms with E-state index < -0.39 is 6.10 Å². The minimum atomic E-state index is -0.430. The van der Waals surface area contributed by atoms with Crippen molar-refractivity contribution < 1.29 is 9.53 Å². The van der Waals surface area contributed by atoms with Crippen LogP contribution in [0.2, 0.25) is 0 Å². The van der Waals surface area contributed by atoms with Crippen LogP contribution >= 0.6 is 0 Å². The van der Waals surface area contributed by atoms with E-state index in [9.17, 15) is 4.79 Å². The molecule has 1 aromatic heterocycles. The average Bonchev–Trinajstić information content (AvgIpc) is 2.19. The Kier molecular flexibility index (Phi) is 4.07. The summed E-state index contributed by atoms with van der Waals surface area (Å²) < 4.78 is 5.14. The summed E-state index contributed by atoms with van der Waals surface area (Å²) in [6.45, 7) is 4.10. The first-order valence-corrected chi connectivity index (χ1v) is 4.56. The lowest BCUT2D eigenvalue weighted by molar-refractivity contribution is -0.126. The van der Waals surface area contributed by atoms with Gasteiger partial charge in [-0.3, -0.25) is 9.78 Å². The van der Waals surface area contributed by atoms with Crippen LogP contribution in [0.15, 0.2) is 24.5 Å². The predicted molar refractivity (Wildman–Crippen MR) is 54.0 cm³/mol. The molecule has 0 radical (unpaired) electrons. The fourth-order valence-corrected chi connectivity index (χ4v) is 1.01. The number of aromatic nitrogens is 1. The Hall–Kier alpha value is -1.42. The summed E-state index contributed by atoms with van der Waals surface area (Å²) in [5, 5.41) is 2.70. The lowest BCUT2D eigenvalue weighted by Crippen LogP contribution is -2.27. The van der Waals surface area contributed by atoms with Crippen LogP contribution in [0, 0.1) is 0 Å². The zero-order chi connectivity index (χ0) is 10.4. The standard InChI is InChI=1S/C10H14N2O2/c1-3-14-8(2)10(13)12-9-5-4-6-11-7-9/h4-8H,3H2,1-2H3,(H,12,13). The molecule has 0 saturated heterocycles. The highest BCUT2D eigenvalue weighted by molar-refractivity contribution is 5.93. The molecule has 0 fully saturated rings. The predicted octanol–water partition coefficient (Wildman–Crippen LogP) is 1.45. The number of nitrogens with zero attached hydrogens (tertiary/aromatic N) is 1. The number of nitrogens with one attached hydrogen (secondary N) is 1. The second-order valence-electron chi connectivity index (χ2n) is 2.83. The molecule has 14 heavy (non-hydrogen) atoms. The van der Waals surface area contributed by atoms with Crippen LogP contribution in [0.5, 0.6) is 0 Å². The summed E-state index contributed by atoms with van der Waals surface area (Å²) in [6, 6.07) is 3.55. The molecule has 0 aliphatic heterocycles. The van der Waals surface area contributed by atoms with Crippen molar-refractivity contribution in [3.05, 3.63) is 24.5 Å². The normalized spacial score (nSPS) is 12.1. The molecule has 0 aliphatic carbocycles. The minimum Gasteiger partial charge on any atom is -0.369 e. The van der Waals surface area contributed by atoms with Crippen LogP contribution in [-0.2, 0) is 9.53 Å². The van der Waals surface area contributed by atoms with Gasteiger partial charge in [0.15, 0.2) is 0 Å². The third-order valence-corrected chi connectivity index (χ3v) is 1.71. The molecule has 0 aromatic carbocycles. The highest BCUT2D eigenvalue weighted by atomic mass is 16.5. The molecule has 4 heteroatoms. The Morgan fingerprint density at radius 3 is 3.07 bits per heavy atom. The zero-order valence-electron chi connectivity index (χ0n) is 8.36. The van der Waals surface area contributed by atoms with Crippen molar-refractivity contribution in [2.45, 2.75) is 20.0 Å². The van der Waals surface area contributed by atoms with Crippen LogP contribution in [0.1, 0.15) is 13.8 Å². The minimum absolute atomic E-state index is 0.153. The number of pyridine rings is 1. The third-order valence-electron chi connectivity index (χ3n) is 1.71. The van der Waals surface area contributed by atoms with Gasteiger partial charge in [-0.2, -0.15) is 0 Å². The molecular weight excluding hydrogens is 180 g/mol. The first kappa shape index (κ1) is 10.7. The van der Waals surface area contributed by atoms with E-state index in [1.807, 2.05) is 6.92 Å². The van der Waals surface area contributed by atoms with Crippen molar-refractivity contribution in [3.63, 3.8) is 0 Å². The van der Waals surface area contributed by atoms with Gasteiger partial charge >= 0.3 is 0 Å². The number of ether oxygens (including phenoxy) is 1. The van der Waals surface area contributed by atoms with E-state index in [4.69, 9.17) is 4.74 Å². The topological polar surface area (TPSA) is 51.2 Å². The van der Waals surface area contributed by atoms with E-state index >= 15 is 0 Å². The second-order valence-corrected chi connectivity index (χ2v) is 2.83. The maximum absolute atomic E-state index is 11.4. The Labute approximate surface area is 83.3 Å². The second kappa shape index (κ2) is 5.34. The fraction of sp³-hybridized carbons (Fsp3) is 0.400.